The fourth-order valence-corrected chi connectivity index (χ4v) is 3.62. The molecule has 0 saturated heterocycles. The fourth-order valence-electron chi connectivity index (χ4n) is 3.62. The van der Waals surface area contributed by atoms with Crippen LogP contribution in [0.4, 0.5) is 4.79 Å². The summed E-state index contributed by atoms with van der Waals surface area (Å²) in [6.07, 6.45) is 3.35. The number of hydrogen-bond donors (Lipinski definition) is 1. The third kappa shape index (κ3) is 4.35. The minimum atomic E-state index is -0.0255. The number of furan rings is 1. The molecule has 2 aliphatic rings. The summed E-state index contributed by atoms with van der Waals surface area (Å²) in [5, 5.41) is 3.08. The van der Waals surface area contributed by atoms with E-state index in [0.29, 0.717) is 31.7 Å². The van der Waals surface area contributed by atoms with Crippen molar-refractivity contribution < 1.29 is 13.9 Å². The zero-order chi connectivity index (χ0) is 18.8. The molecule has 5 nitrogen and oxygen atoms in total. The summed E-state index contributed by atoms with van der Waals surface area (Å²) in [6, 6.07) is 12.5. The first-order chi connectivity index (χ1) is 13.2. The van der Waals surface area contributed by atoms with Crippen LogP contribution in [0.15, 0.2) is 40.8 Å². The molecule has 0 bridgehead atoms. The predicted molar refractivity (Wildman–Crippen MR) is 103 cm³/mol. The van der Waals surface area contributed by atoms with Gasteiger partial charge in [0.05, 0.1) is 13.2 Å². The van der Waals surface area contributed by atoms with E-state index < -0.39 is 0 Å². The SMILES string of the molecule is COCc1ccccc1CNC(=O)N(Cc1ccc(C2CC2C)o1)C1CC1. The lowest BCUT2D eigenvalue weighted by Gasteiger charge is -2.22. The van der Waals surface area contributed by atoms with Gasteiger partial charge in [0.25, 0.3) is 0 Å². The van der Waals surface area contributed by atoms with Crippen LogP contribution in [0.5, 0.6) is 0 Å². The van der Waals surface area contributed by atoms with Crippen LogP contribution in [0.2, 0.25) is 0 Å². The van der Waals surface area contributed by atoms with Crippen LogP contribution in [0.3, 0.4) is 0 Å². The van der Waals surface area contributed by atoms with Gasteiger partial charge in [-0.3, -0.25) is 0 Å². The summed E-state index contributed by atoms with van der Waals surface area (Å²) in [5.41, 5.74) is 2.19. The van der Waals surface area contributed by atoms with Crippen molar-refractivity contribution in [3.05, 3.63) is 59.0 Å². The summed E-state index contributed by atoms with van der Waals surface area (Å²) >= 11 is 0. The molecule has 144 valence electrons. The zero-order valence-corrected chi connectivity index (χ0v) is 16.1. The molecule has 27 heavy (non-hydrogen) atoms. The molecule has 1 aromatic carbocycles. The second-order valence-corrected chi connectivity index (χ2v) is 7.84. The number of methoxy groups -OCH3 is 1. The van der Waals surface area contributed by atoms with E-state index in [1.165, 1.54) is 6.42 Å². The van der Waals surface area contributed by atoms with Crippen molar-refractivity contribution in [2.45, 2.75) is 57.8 Å². The molecule has 0 radical (unpaired) electrons. The van der Waals surface area contributed by atoms with Crippen LogP contribution in [0.1, 0.15) is 54.8 Å². The molecule has 2 fully saturated rings. The highest BCUT2D eigenvalue weighted by atomic mass is 16.5. The average molecular weight is 368 g/mol. The van der Waals surface area contributed by atoms with E-state index in [0.717, 1.165) is 41.4 Å². The Labute approximate surface area is 160 Å². The fraction of sp³-hybridized carbons (Fsp3) is 0.500. The number of carbonyl (C=O) groups excluding carboxylic acids is 1. The number of hydrogen-bond acceptors (Lipinski definition) is 3. The average Bonchev–Trinajstić information content (AvgIpc) is 3.59. The van der Waals surface area contributed by atoms with Crippen molar-refractivity contribution in [1.82, 2.24) is 10.2 Å². The maximum atomic E-state index is 12.8. The van der Waals surface area contributed by atoms with Gasteiger partial charge >= 0.3 is 6.03 Å². The van der Waals surface area contributed by atoms with Crippen molar-refractivity contribution in [1.29, 1.82) is 0 Å². The van der Waals surface area contributed by atoms with Gasteiger partial charge in [0.1, 0.15) is 11.5 Å². The minimum Gasteiger partial charge on any atom is -0.464 e. The molecule has 1 N–H and O–H groups in total. The number of urea groups is 1. The standard InChI is InChI=1S/C22H28N2O3/c1-15-11-20(15)21-10-9-19(27-21)13-24(18-7-8-18)22(25)23-12-16-5-3-4-6-17(16)14-26-2/h3-6,9-10,15,18,20H,7-8,11-14H2,1-2H3,(H,23,25). The highest BCUT2D eigenvalue weighted by molar-refractivity contribution is 5.75. The lowest BCUT2D eigenvalue weighted by molar-refractivity contribution is 0.181. The molecule has 0 spiro atoms. The van der Waals surface area contributed by atoms with Crippen molar-refractivity contribution >= 4 is 6.03 Å². The lowest BCUT2D eigenvalue weighted by atomic mass is 10.1. The largest absolute Gasteiger partial charge is 0.464 e. The third-order valence-corrected chi connectivity index (χ3v) is 5.58. The van der Waals surface area contributed by atoms with Crippen molar-refractivity contribution in [2.75, 3.05) is 7.11 Å². The number of benzene rings is 1. The first-order valence-electron chi connectivity index (χ1n) is 9.84. The van der Waals surface area contributed by atoms with Crippen molar-refractivity contribution in [2.24, 2.45) is 5.92 Å². The highest BCUT2D eigenvalue weighted by Gasteiger charge is 2.37. The van der Waals surface area contributed by atoms with Gasteiger partial charge in [0, 0.05) is 25.6 Å². The normalized spacial score (nSPS) is 21.1. The Morgan fingerprint density at radius 3 is 2.63 bits per heavy atom. The molecule has 2 saturated carbocycles. The van der Waals surface area contributed by atoms with E-state index in [4.69, 9.17) is 9.15 Å². The Morgan fingerprint density at radius 1 is 1.22 bits per heavy atom. The molecular weight excluding hydrogens is 340 g/mol. The topological polar surface area (TPSA) is 54.7 Å². The number of carbonyl (C=O) groups is 1. The monoisotopic (exact) mass is 368 g/mol. The number of amides is 2. The molecule has 0 aliphatic heterocycles. The molecule has 4 rings (SSSR count). The van der Waals surface area contributed by atoms with Crippen LogP contribution in [-0.4, -0.2) is 24.1 Å². The molecule has 2 atom stereocenters. The molecule has 2 amide bonds. The first kappa shape index (κ1) is 18.1. The Hall–Kier alpha value is -2.27. The third-order valence-electron chi connectivity index (χ3n) is 5.58. The van der Waals surface area contributed by atoms with E-state index in [1.54, 1.807) is 7.11 Å². The summed E-state index contributed by atoms with van der Waals surface area (Å²) in [6.45, 7) is 3.84. The smallest absolute Gasteiger partial charge is 0.318 e. The summed E-state index contributed by atoms with van der Waals surface area (Å²) in [5.74, 6) is 3.24. The number of ether oxygens (including phenoxy) is 1. The van der Waals surface area contributed by atoms with Gasteiger partial charge < -0.3 is 19.4 Å². The predicted octanol–water partition coefficient (Wildman–Crippen LogP) is 4.42. The number of nitrogens with zero attached hydrogens (tertiary/aromatic N) is 1. The summed E-state index contributed by atoms with van der Waals surface area (Å²) < 4.78 is 11.3. The van der Waals surface area contributed by atoms with Crippen molar-refractivity contribution in [3.63, 3.8) is 0 Å². The van der Waals surface area contributed by atoms with E-state index in [1.807, 2.05) is 35.2 Å². The van der Waals surface area contributed by atoms with E-state index >= 15 is 0 Å². The van der Waals surface area contributed by atoms with E-state index in [2.05, 4.69) is 18.3 Å². The Bertz CT molecular complexity index is 796. The number of nitrogens with one attached hydrogen (secondary N) is 1. The van der Waals surface area contributed by atoms with Crippen LogP contribution in [0, 0.1) is 5.92 Å². The van der Waals surface area contributed by atoms with Crippen molar-refractivity contribution in [3.8, 4) is 0 Å². The lowest BCUT2D eigenvalue weighted by Crippen LogP contribution is -2.40. The summed E-state index contributed by atoms with van der Waals surface area (Å²) in [7, 11) is 1.68. The van der Waals surface area contributed by atoms with E-state index in [9.17, 15) is 4.79 Å². The Balaban J connectivity index is 1.37. The Morgan fingerprint density at radius 2 is 1.96 bits per heavy atom. The molecule has 1 aromatic heterocycles. The van der Waals surface area contributed by atoms with Gasteiger partial charge in [0.15, 0.2) is 0 Å². The first-order valence-corrected chi connectivity index (χ1v) is 9.84. The highest BCUT2D eigenvalue weighted by Crippen LogP contribution is 2.47. The minimum absolute atomic E-state index is 0.0255. The molecule has 2 unspecified atom stereocenters. The zero-order valence-electron chi connectivity index (χ0n) is 16.1. The van der Waals surface area contributed by atoms with Gasteiger partial charge in [-0.1, -0.05) is 31.2 Å². The van der Waals surface area contributed by atoms with Gasteiger partial charge in [-0.05, 0) is 48.4 Å². The quantitative estimate of drug-likeness (QED) is 0.750. The summed E-state index contributed by atoms with van der Waals surface area (Å²) in [4.78, 5) is 14.7. The van der Waals surface area contributed by atoms with Gasteiger partial charge in [-0.2, -0.15) is 0 Å². The molecule has 2 aromatic rings. The Kier molecular flexibility index (Phi) is 5.21. The maximum Gasteiger partial charge on any atom is 0.318 e. The van der Waals surface area contributed by atoms with E-state index in [-0.39, 0.29) is 6.03 Å². The van der Waals surface area contributed by atoms with Gasteiger partial charge in [-0.15, -0.1) is 0 Å². The van der Waals surface area contributed by atoms with Crippen LogP contribution in [-0.2, 0) is 24.4 Å². The molecule has 1 heterocycles. The maximum absolute atomic E-state index is 12.8. The second kappa shape index (κ2) is 7.77. The van der Waals surface area contributed by atoms with Crippen LogP contribution >= 0.6 is 0 Å². The second-order valence-electron chi connectivity index (χ2n) is 7.84. The molecule has 2 aliphatic carbocycles. The van der Waals surface area contributed by atoms with Crippen LogP contribution < -0.4 is 5.32 Å². The number of rotatable bonds is 8. The van der Waals surface area contributed by atoms with Crippen LogP contribution in [0.25, 0.3) is 0 Å². The molecule has 5 heteroatoms. The van der Waals surface area contributed by atoms with Gasteiger partial charge in [-0.25, -0.2) is 4.79 Å². The van der Waals surface area contributed by atoms with Gasteiger partial charge in [0.2, 0.25) is 0 Å². The molecular formula is C22H28N2O3.